The van der Waals surface area contributed by atoms with Gasteiger partial charge in [-0.1, -0.05) is 45.0 Å². The molecule has 1 fully saturated rings. The van der Waals surface area contributed by atoms with Crippen molar-refractivity contribution in [3.63, 3.8) is 0 Å². The second-order valence-corrected chi connectivity index (χ2v) is 8.15. The van der Waals surface area contributed by atoms with Crippen molar-refractivity contribution < 1.29 is 0 Å². The number of nitrogens with zero attached hydrogens (tertiary/aromatic N) is 1. The first kappa shape index (κ1) is 16.9. The molecule has 0 spiro atoms. The van der Waals surface area contributed by atoms with Crippen LogP contribution in [0.1, 0.15) is 38.3 Å². The van der Waals surface area contributed by atoms with Crippen molar-refractivity contribution in [1.29, 1.82) is 0 Å². The molecule has 1 aliphatic rings. The Labute approximate surface area is 134 Å². The molecule has 2 nitrogen and oxygen atoms in total. The minimum absolute atomic E-state index is 0.762. The van der Waals surface area contributed by atoms with Gasteiger partial charge in [-0.15, -0.1) is 0 Å². The average molecular weight is 307 g/mol. The van der Waals surface area contributed by atoms with Crippen LogP contribution in [0.2, 0.25) is 0 Å². The highest BCUT2D eigenvalue weighted by atomic mass is 32.2. The molecule has 0 radical (unpaired) electrons. The topological polar surface area (TPSA) is 15.3 Å². The first-order chi connectivity index (χ1) is 10.2. The summed E-state index contributed by atoms with van der Waals surface area (Å²) < 4.78 is 0. The maximum absolute atomic E-state index is 3.46. The summed E-state index contributed by atoms with van der Waals surface area (Å²) in [5.74, 6) is 0. The van der Waals surface area contributed by atoms with Gasteiger partial charge in [-0.05, 0) is 37.1 Å². The molecule has 3 heteroatoms. The molecule has 2 rings (SSSR count). The summed E-state index contributed by atoms with van der Waals surface area (Å²) in [5.41, 5.74) is 2.89. The van der Waals surface area contributed by atoms with Crippen molar-refractivity contribution in [2.45, 2.75) is 50.7 Å². The Bertz CT molecular complexity index is 394. The second-order valence-electron chi connectivity index (χ2n) is 6.27. The van der Waals surface area contributed by atoms with Gasteiger partial charge >= 0.3 is 0 Å². The molecule has 0 bridgehead atoms. The van der Waals surface area contributed by atoms with Gasteiger partial charge in [0.05, 0.1) is 0 Å². The van der Waals surface area contributed by atoms with E-state index in [4.69, 9.17) is 0 Å². The van der Waals surface area contributed by atoms with Crippen LogP contribution in [0.3, 0.4) is 0 Å². The highest BCUT2D eigenvalue weighted by Crippen LogP contribution is 2.25. The zero-order chi connectivity index (χ0) is 15.1. The van der Waals surface area contributed by atoms with Crippen molar-refractivity contribution in [2.24, 2.45) is 0 Å². The highest BCUT2D eigenvalue weighted by molar-refractivity contribution is 8.00. The Morgan fingerprint density at radius 3 is 2.29 bits per heavy atom. The first-order valence-electron chi connectivity index (χ1n) is 8.33. The molecule has 118 valence electrons. The lowest BCUT2D eigenvalue weighted by atomic mass is 10.1. The predicted octanol–water partition coefficient (Wildman–Crippen LogP) is 3.55. The van der Waals surface area contributed by atoms with E-state index in [1.165, 1.54) is 30.6 Å². The number of hydrogen-bond acceptors (Lipinski definition) is 3. The Balaban J connectivity index is 1.79. The smallest absolute Gasteiger partial charge is 0.0234 e. The summed E-state index contributed by atoms with van der Waals surface area (Å²) in [4.78, 5) is 2.60. The van der Waals surface area contributed by atoms with Gasteiger partial charge in [-0.2, -0.15) is 11.8 Å². The second kappa shape index (κ2) is 8.82. The molecule has 0 aromatic heterocycles. The van der Waals surface area contributed by atoms with Gasteiger partial charge in [0.1, 0.15) is 0 Å². The summed E-state index contributed by atoms with van der Waals surface area (Å²) in [6.07, 6.45) is 2.35. The van der Waals surface area contributed by atoms with E-state index in [9.17, 15) is 0 Å². The van der Waals surface area contributed by atoms with Crippen LogP contribution in [0.5, 0.6) is 0 Å². The Kier molecular flexibility index (Phi) is 7.08. The maximum Gasteiger partial charge on any atom is 0.0234 e. The quantitative estimate of drug-likeness (QED) is 0.776. The summed E-state index contributed by atoms with van der Waals surface area (Å²) in [5, 5.41) is 4.99. The van der Waals surface area contributed by atoms with E-state index in [0.717, 1.165) is 36.6 Å². The van der Waals surface area contributed by atoms with Crippen LogP contribution < -0.4 is 5.32 Å². The molecular weight excluding hydrogens is 276 g/mol. The third-order valence-corrected chi connectivity index (χ3v) is 5.17. The molecule has 0 saturated carbocycles. The van der Waals surface area contributed by atoms with E-state index in [2.05, 4.69) is 67.0 Å². The molecule has 1 saturated heterocycles. The highest BCUT2D eigenvalue weighted by Gasteiger charge is 2.21. The summed E-state index contributed by atoms with van der Waals surface area (Å²) in [7, 11) is 0. The fourth-order valence-electron chi connectivity index (χ4n) is 3.02. The van der Waals surface area contributed by atoms with E-state index in [1.807, 2.05) is 0 Å². The molecule has 1 aromatic rings. The third kappa shape index (κ3) is 6.01. The summed E-state index contributed by atoms with van der Waals surface area (Å²) in [6, 6.07) is 9.22. The Morgan fingerprint density at radius 1 is 1.05 bits per heavy atom. The van der Waals surface area contributed by atoms with Gasteiger partial charge in [0.25, 0.3) is 0 Å². The van der Waals surface area contributed by atoms with Crippen LogP contribution in [0.15, 0.2) is 24.3 Å². The van der Waals surface area contributed by atoms with Crippen LogP contribution in [0.25, 0.3) is 0 Å². The Hall–Kier alpha value is -0.510. The van der Waals surface area contributed by atoms with Gasteiger partial charge < -0.3 is 5.32 Å². The maximum atomic E-state index is 3.46. The fraction of sp³-hybridized carbons (Fsp3) is 0.667. The SMILES string of the molecule is CCCNCCc1ccc(CN2CC(C)SC(C)C2)cc1. The predicted molar refractivity (Wildman–Crippen MR) is 95.1 cm³/mol. The summed E-state index contributed by atoms with van der Waals surface area (Å²) >= 11 is 2.12. The Morgan fingerprint density at radius 2 is 1.67 bits per heavy atom. The van der Waals surface area contributed by atoms with E-state index in [-0.39, 0.29) is 0 Å². The van der Waals surface area contributed by atoms with Gasteiger partial charge in [0, 0.05) is 30.1 Å². The molecule has 21 heavy (non-hydrogen) atoms. The van der Waals surface area contributed by atoms with E-state index in [0.29, 0.717) is 0 Å². The number of benzene rings is 1. The number of thioether (sulfide) groups is 1. The van der Waals surface area contributed by atoms with Crippen LogP contribution in [0.4, 0.5) is 0 Å². The molecule has 1 N–H and O–H groups in total. The van der Waals surface area contributed by atoms with Crippen LogP contribution >= 0.6 is 11.8 Å². The van der Waals surface area contributed by atoms with Crippen LogP contribution in [-0.4, -0.2) is 41.6 Å². The lowest BCUT2D eigenvalue weighted by molar-refractivity contribution is 0.263. The van der Waals surface area contributed by atoms with Gasteiger partial charge in [-0.25, -0.2) is 0 Å². The van der Waals surface area contributed by atoms with Crippen LogP contribution in [-0.2, 0) is 13.0 Å². The molecule has 0 amide bonds. The van der Waals surface area contributed by atoms with Crippen molar-refractivity contribution in [3.8, 4) is 0 Å². The van der Waals surface area contributed by atoms with Gasteiger partial charge in [-0.3, -0.25) is 4.90 Å². The van der Waals surface area contributed by atoms with Crippen molar-refractivity contribution in [1.82, 2.24) is 10.2 Å². The standard InChI is InChI=1S/C18H30N2S/c1-4-10-19-11-9-17-5-7-18(8-6-17)14-20-12-15(2)21-16(3)13-20/h5-8,15-16,19H,4,9-14H2,1-3H3. The molecule has 1 heterocycles. The van der Waals surface area contributed by atoms with E-state index in [1.54, 1.807) is 0 Å². The molecule has 2 atom stereocenters. The molecule has 1 aromatic carbocycles. The molecular formula is C18H30N2S. The van der Waals surface area contributed by atoms with Crippen molar-refractivity contribution >= 4 is 11.8 Å². The molecule has 1 aliphatic heterocycles. The van der Waals surface area contributed by atoms with Gasteiger partial charge in [0.15, 0.2) is 0 Å². The van der Waals surface area contributed by atoms with E-state index < -0.39 is 0 Å². The van der Waals surface area contributed by atoms with Crippen LogP contribution in [0, 0.1) is 0 Å². The lowest BCUT2D eigenvalue weighted by Gasteiger charge is -2.34. The minimum atomic E-state index is 0.762. The van der Waals surface area contributed by atoms with E-state index >= 15 is 0 Å². The van der Waals surface area contributed by atoms with Gasteiger partial charge in [0.2, 0.25) is 0 Å². The third-order valence-electron chi connectivity index (χ3n) is 3.94. The first-order valence-corrected chi connectivity index (χ1v) is 9.28. The summed E-state index contributed by atoms with van der Waals surface area (Å²) in [6.45, 7) is 12.7. The zero-order valence-corrected chi connectivity index (χ0v) is 14.6. The fourth-order valence-corrected chi connectivity index (χ4v) is 4.40. The van der Waals surface area contributed by atoms with Crippen molar-refractivity contribution in [2.75, 3.05) is 26.2 Å². The number of nitrogens with one attached hydrogen (secondary N) is 1. The largest absolute Gasteiger partial charge is 0.316 e. The normalized spacial score (nSPS) is 23.4. The number of rotatable bonds is 7. The monoisotopic (exact) mass is 306 g/mol. The molecule has 2 unspecified atom stereocenters. The number of hydrogen-bond donors (Lipinski definition) is 1. The van der Waals surface area contributed by atoms with Crippen molar-refractivity contribution in [3.05, 3.63) is 35.4 Å². The minimum Gasteiger partial charge on any atom is -0.316 e. The zero-order valence-electron chi connectivity index (χ0n) is 13.8. The molecule has 0 aliphatic carbocycles. The average Bonchev–Trinajstić information content (AvgIpc) is 2.44. The lowest BCUT2D eigenvalue weighted by Crippen LogP contribution is -2.39.